The first-order valence-electron chi connectivity index (χ1n) is 8.49. The maximum Gasteiger partial charge on any atom is 0.253 e. The highest BCUT2D eigenvalue weighted by molar-refractivity contribution is 5.97. The number of rotatable bonds is 6. The van der Waals surface area contributed by atoms with Crippen LogP contribution in [0.4, 0.5) is 5.69 Å². The summed E-state index contributed by atoms with van der Waals surface area (Å²) < 4.78 is 5.65. The first-order chi connectivity index (χ1) is 12.1. The Morgan fingerprint density at radius 3 is 2.76 bits per heavy atom. The highest BCUT2D eigenvalue weighted by Crippen LogP contribution is 2.24. The lowest BCUT2D eigenvalue weighted by Crippen LogP contribution is -2.29. The minimum Gasteiger partial charge on any atom is -0.494 e. The predicted molar refractivity (Wildman–Crippen MR) is 96.9 cm³/mol. The van der Waals surface area contributed by atoms with Crippen molar-refractivity contribution in [3.05, 3.63) is 59.7 Å². The van der Waals surface area contributed by atoms with Crippen LogP contribution in [0.2, 0.25) is 0 Å². The highest BCUT2D eigenvalue weighted by atomic mass is 16.5. The fourth-order valence-corrected chi connectivity index (χ4v) is 2.85. The van der Waals surface area contributed by atoms with E-state index in [9.17, 15) is 9.59 Å². The van der Waals surface area contributed by atoms with Gasteiger partial charge in [0, 0.05) is 31.3 Å². The molecule has 0 unspecified atom stereocenters. The van der Waals surface area contributed by atoms with Gasteiger partial charge in [0.1, 0.15) is 5.75 Å². The van der Waals surface area contributed by atoms with E-state index < -0.39 is 0 Å². The maximum absolute atomic E-state index is 12.6. The Kier molecular flexibility index (Phi) is 5.33. The number of amides is 2. The molecule has 0 fully saturated rings. The fourth-order valence-electron chi connectivity index (χ4n) is 2.85. The van der Waals surface area contributed by atoms with Crippen LogP contribution in [0.15, 0.2) is 48.5 Å². The zero-order valence-corrected chi connectivity index (χ0v) is 14.3. The Balaban J connectivity index is 1.51. The molecule has 0 saturated carbocycles. The highest BCUT2D eigenvalue weighted by Gasteiger charge is 2.18. The zero-order valence-electron chi connectivity index (χ0n) is 14.3. The minimum atomic E-state index is -0.0144. The number of ether oxygens (including phenoxy) is 1. The quantitative estimate of drug-likeness (QED) is 0.823. The van der Waals surface area contributed by atoms with Gasteiger partial charge in [0.05, 0.1) is 6.61 Å². The van der Waals surface area contributed by atoms with E-state index in [0.717, 1.165) is 23.4 Å². The molecule has 0 aliphatic carbocycles. The normalized spacial score (nSPS) is 12.9. The van der Waals surface area contributed by atoms with Crippen molar-refractivity contribution in [1.82, 2.24) is 4.90 Å². The summed E-state index contributed by atoms with van der Waals surface area (Å²) >= 11 is 0. The number of anilines is 1. The monoisotopic (exact) mass is 338 g/mol. The summed E-state index contributed by atoms with van der Waals surface area (Å²) in [6.07, 6.45) is 1.91. The van der Waals surface area contributed by atoms with Crippen molar-refractivity contribution < 1.29 is 14.3 Å². The van der Waals surface area contributed by atoms with Gasteiger partial charge in [0.2, 0.25) is 5.91 Å². The third-order valence-electron chi connectivity index (χ3n) is 4.24. The third-order valence-corrected chi connectivity index (χ3v) is 4.24. The first kappa shape index (κ1) is 17.0. The predicted octanol–water partition coefficient (Wildman–Crippen LogP) is 3.11. The number of hydrogen-bond donors (Lipinski definition) is 1. The molecule has 0 radical (unpaired) electrons. The number of fused-ring (bicyclic) bond motifs is 1. The van der Waals surface area contributed by atoms with E-state index in [1.807, 2.05) is 42.5 Å². The Hall–Kier alpha value is -2.82. The van der Waals surface area contributed by atoms with Crippen LogP contribution in [-0.4, -0.2) is 36.9 Å². The lowest BCUT2D eigenvalue weighted by molar-refractivity contribution is -0.116. The second-order valence-corrected chi connectivity index (χ2v) is 6.16. The Labute approximate surface area is 147 Å². The van der Waals surface area contributed by atoms with Gasteiger partial charge in [-0.3, -0.25) is 9.59 Å². The number of hydrogen-bond acceptors (Lipinski definition) is 3. The van der Waals surface area contributed by atoms with Crippen LogP contribution < -0.4 is 10.1 Å². The van der Waals surface area contributed by atoms with Crippen molar-refractivity contribution in [2.24, 2.45) is 0 Å². The summed E-state index contributed by atoms with van der Waals surface area (Å²) in [5.41, 5.74) is 2.49. The van der Waals surface area contributed by atoms with Crippen molar-refractivity contribution in [2.45, 2.75) is 19.3 Å². The SMILES string of the molecule is CN(CCCOc1ccccc1)C(=O)c1ccc2c(c1)CCC(=O)N2. The summed E-state index contributed by atoms with van der Waals surface area (Å²) in [5, 5.41) is 2.83. The van der Waals surface area contributed by atoms with Crippen LogP contribution in [0, 0.1) is 0 Å². The summed E-state index contributed by atoms with van der Waals surface area (Å²) in [6.45, 7) is 1.19. The van der Waals surface area contributed by atoms with Gasteiger partial charge >= 0.3 is 0 Å². The van der Waals surface area contributed by atoms with Crippen LogP contribution in [-0.2, 0) is 11.2 Å². The third kappa shape index (κ3) is 4.38. The molecular formula is C20H22N2O3. The van der Waals surface area contributed by atoms with Gasteiger partial charge in [-0.15, -0.1) is 0 Å². The standard InChI is InChI=1S/C20H22N2O3/c1-22(12-5-13-25-17-6-3-2-4-7-17)20(24)16-8-10-18-15(14-16)9-11-19(23)21-18/h2-4,6-8,10,14H,5,9,11-13H2,1H3,(H,21,23). The van der Waals surface area contributed by atoms with Crippen molar-refractivity contribution >= 4 is 17.5 Å². The molecule has 1 N–H and O–H groups in total. The zero-order chi connectivity index (χ0) is 17.6. The van der Waals surface area contributed by atoms with Crippen molar-refractivity contribution in [3.63, 3.8) is 0 Å². The number of benzene rings is 2. The number of carbonyl (C=O) groups excluding carboxylic acids is 2. The summed E-state index contributed by atoms with van der Waals surface area (Å²) in [4.78, 5) is 25.7. The van der Waals surface area contributed by atoms with E-state index >= 15 is 0 Å². The lowest BCUT2D eigenvalue weighted by atomic mass is 10.00. The number of nitrogens with zero attached hydrogens (tertiary/aromatic N) is 1. The van der Waals surface area contributed by atoms with E-state index in [1.54, 1.807) is 18.0 Å². The summed E-state index contributed by atoms with van der Waals surface area (Å²) in [7, 11) is 1.80. The average molecular weight is 338 g/mol. The molecule has 0 spiro atoms. The van der Waals surface area contributed by atoms with E-state index in [0.29, 0.717) is 31.6 Å². The van der Waals surface area contributed by atoms with Crippen LogP contribution >= 0.6 is 0 Å². The lowest BCUT2D eigenvalue weighted by Gasteiger charge is -2.20. The van der Waals surface area contributed by atoms with E-state index in [2.05, 4.69) is 5.32 Å². The van der Waals surface area contributed by atoms with Gasteiger partial charge in [-0.25, -0.2) is 0 Å². The van der Waals surface area contributed by atoms with E-state index in [-0.39, 0.29) is 11.8 Å². The number of para-hydroxylation sites is 1. The molecule has 1 heterocycles. The molecule has 0 atom stereocenters. The number of carbonyl (C=O) groups is 2. The Bertz CT molecular complexity index is 759. The Morgan fingerprint density at radius 1 is 1.16 bits per heavy atom. The molecule has 2 amide bonds. The molecular weight excluding hydrogens is 316 g/mol. The first-order valence-corrected chi connectivity index (χ1v) is 8.49. The second-order valence-electron chi connectivity index (χ2n) is 6.16. The molecule has 1 aliphatic heterocycles. The van der Waals surface area contributed by atoms with Crippen molar-refractivity contribution in [3.8, 4) is 5.75 Å². The van der Waals surface area contributed by atoms with E-state index in [4.69, 9.17) is 4.74 Å². The molecule has 2 aromatic rings. The van der Waals surface area contributed by atoms with Gasteiger partial charge in [0.25, 0.3) is 5.91 Å². The molecule has 25 heavy (non-hydrogen) atoms. The maximum atomic E-state index is 12.6. The fraction of sp³-hybridized carbons (Fsp3) is 0.300. The van der Waals surface area contributed by atoms with Crippen LogP contribution in [0.1, 0.15) is 28.8 Å². The molecule has 1 aliphatic rings. The molecule has 130 valence electrons. The van der Waals surface area contributed by atoms with Crippen LogP contribution in [0.3, 0.4) is 0 Å². The molecule has 2 aromatic carbocycles. The van der Waals surface area contributed by atoms with E-state index in [1.165, 1.54) is 0 Å². The number of aryl methyl sites for hydroxylation is 1. The van der Waals surface area contributed by atoms with Gasteiger partial charge in [-0.2, -0.15) is 0 Å². The minimum absolute atomic E-state index is 0.0144. The Morgan fingerprint density at radius 2 is 1.96 bits per heavy atom. The topological polar surface area (TPSA) is 58.6 Å². The summed E-state index contributed by atoms with van der Waals surface area (Å²) in [5.74, 6) is 0.856. The molecule has 3 rings (SSSR count). The van der Waals surface area contributed by atoms with Crippen LogP contribution in [0.5, 0.6) is 5.75 Å². The van der Waals surface area contributed by atoms with Gasteiger partial charge in [-0.05, 0) is 48.7 Å². The van der Waals surface area contributed by atoms with Crippen molar-refractivity contribution in [2.75, 3.05) is 25.5 Å². The average Bonchev–Trinajstić information content (AvgIpc) is 2.65. The van der Waals surface area contributed by atoms with Gasteiger partial charge in [0.15, 0.2) is 0 Å². The second kappa shape index (κ2) is 7.83. The van der Waals surface area contributed by atoms with Crippen LogP contribution in [0.25, 0.3) is 0 Å². The molecule has 5 nitrogen and oxygen atoms in total. The van der Waals surface area contributed by atoms with Gasteiger partial charge < -0.3 is 15.0 Å². The molecule has 0 aromatic heterocycles. The molecule has 5 heteroatoms. The number of nitrogens with one attached hydrogen (secondary N) is 1. The van der Waals surface area contributed by atoms with Crippen molar-refractivity contribution in [1.29, 1.82) is 0 Å². The largest absolute Gasteiger partial charge is 0.494 e. The molecule has 0 saturated heterocycles. The molecule has 0 bridgehead atoms. The smallest absolute Gasteiger partial charge is 0.253 e. The van der Waals surface area contributed by atoms with Gasteiger partial charge in [-0.1, -0.05) is 18.2 Å². The summed E-state index contributed by atoms with van der Waals surface area (Å²) in [6, 6.07) is 15.1.